The number of hydrogen-bond donors (Lipinski definition) is 1. The smallest absolute Gasteiger partial charge is 0.214 e. The third-order valence-electron chi connectivity index (χ3n) is 4.70. The summed E-state index contributed by atoms with van der Waals surface area (Å²) in [7, 11) is -3.42. The first-order chi connectivity index (χ1) is 11.1. The molecule has 0 spiro atoms. The lowest BCUT2D eigenvalue weighted by Crippen LogP contribution is -2.51. The van der Waals surface area contributed by atoms with E-state index in [-0.39, 0.29) is 11.9 Å². The van der Waals surface area contributed by atoms with Gasteiger partial charge in [0.05, 0.1) is 17.4 Å². The van der Waals surface area contributed by atoms with Gasteiger partial charge in [0.1, 0.15) is 0 Å². The fraction of sp³-hybridized carbons (Fsp3) is 0.647. The Morgan fingerprint density at radius 2 is 1.83 bits per heavy atom. The van der Waals surface area contributed by atoms with Crippen LogP contribution in [0.5, 0.6) is 0 Å². The van der Waals surface area contributed by atoms with Crippen molar-refractivity contribution in [3.63, 3.8) is 0 Å². The van der Waals surface area contributed by atoms with Crippen molar-refractivity contribution < 1.29 is 17.9 Å². The largest absolute Gasteiger partial charge is 0.381 e. The fourth-order valence-electron chi connectivity index (χ4n) is 3.45. The average Bonchev–Trinajstić information content (AvgIpc) is 2.56. The molecule has 5 nitrogen and oxygen atoms in total. The van der Waals surface area contributed by atoms with Gasteiger partial charge in [-0.25, -0.2) is 13.1 Å². The molecular formula is C17H25NO4S. The lowest BCUT2D eigenvalue weighted by molar-refractivity contribution is 0.0292. The van der Waals surface area contributed by atoms with E-state index in [4.69, 9.17) is 9.47 Å². The minimum Gasteiger partial charge on any atom is -0.381 e. The summed E-state index contributed by atoms with van der Waals surface area (Å²) in [5.74, 6) is 0.0441. The minimum atomic E-state index is -3.42. The Balaban J connectivity index is 1.77. The molecule has 0 radical (unpaired) electrons. The van der Waals surface area contributed by atoms with Crippen LogP contribution >= 0.6 is 0 Å². The summed E-state index contributed by atoms with van der Waals surface area (Å²) in [5, 5.41) is 0. The van der Waals surface area contributed by atoms with Gasteiger partial charge in [0, 0.05) is 19.8 Å². The van der Waals surface area contributed by atoms with Crippen LogP contribution in [0.3, 0.4) is 0 Å². The summed E-state index contributed by atoms with van der Waals surface area (Å²) in [6, 6.07) is 9.83. The summed E-state index contributed by atoms with van der Waals surface area (Å²) in [4.78, 5) is 0. The van der Waals surface area contributed by atoms with E-state index in [9.17, 15) is 8.42 Å². The summed E-state index contributed by atoms with van der Waals surface area (Å²) < 4.78 is 39.5. The zero-order valence-corrected chi connectivity index (χ0v) is 14.2. The molecule has 2 saturated heterocycles. The Morgan fingerprint density at radius 3 is 2.48 bits per heavy atom. The fourth-order valence-corrected chi connectivity index (χ4v) is 5.20. The number of nitrogens with one attached hydrogen (secondary N) is 1. The van der Waals surface area contributed by atoms with Gasteiger partial charge in [-0.15, -0.1) is 0 Å². The maximum absolute atomic E-state index is 12.7. The van der Waals surface area contributed by atoms with Crippen LogP contribution in [0, 0.1) is 0 Å². The molecule has 1 aromatic rings. The van der Waals surface area contributed by atoms with E-state index < -0.39 is 15.6 Å². The second-order valence-corrected chi connectivity index (χ2v) is 8.20. The molecule has 0 bridgehead atoms. The zero-order chi connectivity index (χ0) is 16.2. The maximum atomic E-state index is 12.7. The van der Waals surface area contributed by atoms with Crippen LogP contribution in [-0.4, -0.2) is 40.1 Å². The Labute approximate surface area is 138 Å². The molecule has 0 aliphatic carbocycles. The van der Waals surface area contributed by atoms with Gasteiger partial charge < -0.3 is 9.47 Å². The normalized spacial score (nSPS) is 25.1. The quantitative estimate of drug-likeness (QED) is 0.893. The van der Waals surface area contributed by atoms with Crippen molar-refractivity contribution in [3.8, 4) is 0 Å². The number of benzene rings is 1. The van der Waals surface area contributed by atoms with E-state index in [2.05, 4.69) is 4.72 Å². The molecule has 23 heavy (non-hydrogen) atoms. The first-order valence-electron chi connectivity index (χ1n) is 8.36. The molecule has 0 saturated carbocycles. The average molecular weight is 339 g/mol. The molecule has 2 aliphatic heterocycles. The van der Waals surface area contributed by atoms with Crippen LogP contribution in [0.4, 0.5) is 0 Å². The predicted molar refractivity (Wildman–Crippen MR) is 88.7 cm³/mol. The molecule has 2 heterocycles. The molecule has 1 unspecified atom stereocenters. The third kappa shape index (κ3) is 4.32. The van der Waals surface area contributed by atoms with E-state index >= 15 is 0 Å². The number of sulfonamides is 1. The van der Waals surface area contributed by atoms with Gasteiger partial charge in [-0.1, -0.05) is 30.3 Å². The van der Waals surface area contributed by atoms with Crippen LogP contribution in [0.15, 0.2) is 30.3 Å². The van der Waals surface area contributed by atoms with Gasteiger partial charge in [-0.3, -0.25) is 0 Å². The Hall–Kier alpha value is -0.950. The first kappa shape index (κ1) is 16.9. The molecule has 0 aromatic heterocycles. The van der Waals surface area contributed by atoms with Gasteiger partial charge >= 0.3 is 0 Å². The molecule has 1 N–H and O–H groups in total. The SMILES string of the molecule is O=S(=O)(CC1CCCCO1)NC1(c2ccccc2)CCOCC1. The molecule has 128 valence electrons. The van der Waals surface area contributed by atoms with Crippen molar-refractivity contribution in [2.75, 3.05) is 25.6 Å². The van der Waals surface area contributed by atoms with Crippen LogP contribution < -0.4 is 4.72 Å². The van der Waals surface area contributed by atoms with E-state index in [1.807, 2.05) is 30.3 Å². The van der Waals surface area contributed by atoms with Crippen molar-refractivity contribution in [1.29, 1.82) is 0 Å². The Kier molecular flexibility index (Phi) is 5.36. The van der Waals surface area contributed by atoms with Crippen LogP contribution in [-0.2, 0) is 25.0 Å². The number of hydrogen-bond acceptors (Lipinski definition) is 4. The van der Waals surface area contributed by atoms with Gasteiger partial charge in [0.15, 0.2) is 0 Å². The van der Waals surface area contributed by atoms with Crippen molar-refractivity contribution in [1.82, 2.24) is 4.72 Å². The summed E-state index contributed by atoms with van der Waals surface area (Å²) in [6.45, 7) is 1.80. The number of rotatable bonds is 5. The molecule has 6 heteroatoms. The van der Waals surface area contributed by atoms with Crippen molar-refractivity contribution in [2.45, 2.75) is 43.7 Å². The number of ether oxygens (including phenoxy) is 2. The molecule has 1 atom stereocenters. The van der Waals surface area contributed by atoms with Crippen LogP contribution in [0.2, 0.25) is 0 Å². The molecule has 2 aliphatic rings. The first-order valence-corrected chi connectivity index (χ1v) is 10.0. The van der Waals surface area contributed by atoms with Gasteiger partial charge in [0.2, 0.25) is 10.0 Å². The van der Waals surface area contributed by atoms with Crippen LogP contribution in [0.25, 0.3) is 0 Å². The lowest BCUT2D eigenvalue weighted by Gasteiger charge is -2.38. The van der Waals surface area contributed by atoms with E-state index in [1.54, 1.807) is 0 Å². The topological polar surface area (TPSA) is 64.6 Å². The van der Waals surface area contributed by atoms with Crippen LogP contribution in [0.1, 0.15) is 37.7 Å². The highest BCUT2D eigenvalue weighted by Crippen LogP contribution is 2.33. The van der Waals surface area contributed by atoms with Crippen molar-refractivity contribution in [2.24, 2.45) is 0 Å². The van der Waals surface area contributed by atoms with Crippen molar-refractivity contribution in [3.05, 3.63) is 35.9 Å². The summed E-state index contributed by atoms with van der Waals surface area (Å²) >= 11 is 0. The highest BCUT2D eigenvalue weighted by atomic mass is 32.2. The minimum absolute atomic E-state index is 0.0441. The summed E-state index contributed by atoms with van der Waals surface area (Å²) in [5.41, 5.74) is 0.448. The molecule has 3 rings (SSSR count). The Morgan fingerprint density at radius 1 is 1.09 bits per heavy atom. The van der Waals surface area contributed by atoms with Gasteiger partial charge in [0.25, 0.3) is 0 Å². The van der Waals surface area contributed by atoms with Gasteiger partial charge in [-0.05, 0) is 37.7 Å². The lowest BCUT2D eigenvalue weighted by atomic mass is 9.84. The third-order valence-corrected chi connectivity index (χ3v) is 6.22. The molecule has 0 amide bonds. The monoisotopic (exact) mass is 339 g/mol. The Bertz CT molecular complexity index is 590. The predicted octanol–water partition coefficient (Wildman–Crippen LogP) is 2.18. The van der Waals surface area contributed by atoms with Gasteiger partial charge in [-0.2, -0.15) is 0 Å². The highest BCUT2D eigenvalue weighted by Gasteiger charge is 2.38. The van der Waals surface area contributed by atoms with E-state index in [0.29, 0.717) is 32.7 Å². The summed E-state index contributed by atoms with van der Waals surface area (Å²) in [6.07, 6.45) is 4.01. The van der Waals surface area contributed by atoms with Crippen molar-refractivity contribution >= 4 is 10.0 Å². The molecular weight excluding hydrogens is 314 g/mol. The highest BCUT2D eigenvalue weighted by molar-refractivity contribution is 7.89. The van der Waals surface area contributed by atoms with E-state index in [1.165, 1.54) is 0 Å². The van der Waals surface area contributed by atoms with E-state index in [0.717, 1.165) is 24.8 Å². The zero-order valence-electron chi connectivity index (χ0n) is 13.4. The molecule has 1 aromatic carbocycles. The standard InChI is InChI=1S/C17H25NO4S/c19-23(20,14-16-8-4-5-11-22-16)18-17(9-12-21-13-10-17)15-6-2-1-3-7-15/h1-3,6-7,16,18H,4-5,8-14H2. The maximum Gasteiger partial charge on any atom is 0.214 e. The second-order valence-electron chi connectivity index (χ2n) is 6.43. The molecule has 2 fully saturated rings. The second kappa shape index (κ2) is 7.30.